The monoisotopic (exact) mass is 425 g/mol. The van der Waals surface area contributed by atoms with Gasteiger partial charge in [0.2, 0.25) is 10.0 Å². The van der Waals surface area contributed by atoms with Gasteiger partial charge in [-0.3, -0.25) is 4.98 Å². The Morgan fingerprint density at radius 2 is 1.78 bits per heavy atom. The van der Waals surface area contributed by atoms with E-state index >= 15 is 0 Å². The number of methoxy groups -OCH3 is 1. The molecular formula is C18H17Cl2N3O3S. The summed E-state index contributed by atoms with van der Waals surface area (Å²) in [5.41, 5.74) is 1.60. The molecule has 0 bridgehead atoms. The van der Waals surface area contributed by atoms with Gasteiger partial charge in [-0.25, -0.2) is 13.1 Å². The second-order valence-electron chi connectivity index (χ2n) is 5.64. The SMILES string of the molecule is COc1ccc(Cl)cc1S(=O)(=O)NCCNc1ccnc2cc(Cl)ccc12. The maximum absolute atomic E-state index is 12.5. The van der Waals surface area contributed by atoms with Crippen LogP contribution in [0, 0.1) is 0 Å². The van der Waals surface area contributed by atoms with Gasteiger partial charge >= 0.3 is 0 Å². The van der Waals surface area contributed by atoms with E-state index in [1.165, 1.54) is 19.2 Å². The summed E-state index contributed by atoms with van der Waals surface area (Å²) in [7, 11) is -2.35. The van der Waals surface area contributed by atoms with Crippen molar-refractivity contribution in [1.29, 1.82) is 0 Å². The van der Waals surface area contributed by atoms with Gasteiger partial charge in [0.1, 0.15) is 10.6 Å². The number of hydrogen-bond acceptors (Lipinski definition) is 5. The Morgan fingerprint density at radius 1 is 1.04 bits per heavy atom. The van der Waals surface area contributed by atoms with E-state index in [1.807, 2.05) is 12.1 Å². The summed E-state index contributed by atoms with van der Waals surface area (Å²) in [6.45, 7) is 0.555. The van der Waals surface area contributed by atoms with Gasteiger partial charge in [-0.2, -0.15) is 0 Å². The quantitative estimate of drug-likeness (QED) is 0.560. The van der Waals surface area contributed by atoms with Crippen LogP contribution in [-0.2, 0) is 10.0 Å². The third-order valence-electron chi connectivity index (χ3n) is 3.85. The fourth-order valence-corrected chi connectivity index (χ4v) is 4.22. The van der Waals surface area contributed by atoms with Crippen LogP contribution in [0.5, 0.6) is 5.75 Å². The molecule has 0 aliphatic heterocycles. The normalized spacial score (nSPS) is 11.5. The van der Waals surface area contributed by atoms with Crippen molar-refractivity contribution in [2.45, 2.75) is 4.90 Å². The zero-order valence-electron chi connectivity index (χ0n) is 14.4. The van der Waals surface area contributed by atoms with Gasteiger partial charge in [0.25, 0.3) is 0 Å². The molecule has 2 N–H and O–H groups in total. The average Bonchev–Trinajstić information content (AvgIpc) is 2.65. The van der Waals surface area contributed by atoms with E-state index in [-0.39, 0.29) is 17.2 Å². The van der Waals surface area contributed by atoms with E-state index in [2.05, 4.69) is 15.0 Å². The lowest BCUT2D eigenvalue weighted by Crippen LogP contribution is -2.29. The first-order valence-electron chi connectivity index (χ1n) is 8.02. The molecule has 0 atom stereocenters. The number of anilines is 1. The van der Waals surface area contributed by atoms with Crippen molar-refractivity contribution >= 4 is 49.8 Å². The first kappa shape index (κ1) is 19.7. The van der Waals surface area contributed by atoms with Crippen LogP contribution < -0.4 is 14.8 Å². The molecule has 0 spiro atoms. The highest BCUT2D eigenvalue weighted by Crippen LogP contribution is 2.27. The van der Waals surface area contributed by atoms with Gasteiger partial charge in [-0.1, -0.05) is 23.2 Å². The molecule has 142 valence electrons. The second-order valence-corrected chi connectivity index (χ2v) is 8.25. The molecule has 6 nitrogen and oxygen atoms in total. The first-order chi connectivity index (χ1) is 12.9. The van der Waals surface area contributed by atoms with E-state index in [4.69, 9.17) is 27.9 Å². The smallest absolute Gasteiger partial charge is 0.244 e. The highest BCUT2D eigenvalue weighted by atomic mass is 35.5. The number of benzene rings is 2. The number of ether oxygens (including phenoxy) is 1. The van der Waals surface area contributed by atoms with Crippen LogP contribution in [0.1, 0.15) is 0 Å². The van der Waals surface area contributed by atoms with Crippen molar-refractivity contribution in [1.82, 2.24) is 9.71 Å². The standard InChI is InChI=1S/C18H17Cl2N3O3S/c1-26-17-5-3-13(20)11-18(17)27(24,25)23-9-8-22-15-6-7-21-16-10-12(19)2-4-14(15)16/h2-7,10-11,23H,8-9H2,1H3,(H,21,22). The Kier molecular flexibility index (Phi) is 6.06. The Balaban J connectivity index is 1.68. The topological polar surface area (TPSA) is 80.3 Å². The summed E-state index contributed by atoms with van der Waals surface area (Å²) < 4.78 is 32.7. The number of pyridine rings is 1. The Hall–Kier alpha value is -2.06. The maximum Gasteiger partial charge on any atom is 0.244 e. The minimum Gasteiger partial charge on any atom is -0.495 e. The Bertz CT molecular complexity index is 1070. The van der Waals surface area contributed by atoms with Crippen LogP contribution in [0.3, 0.4) is 0 Å². The minimum absolute atomic E-state index is 0.00139. The van der Waals surface area contributed by atoms with E-state index < -0.39 is 10.0 Å². The molecule has 0 unspecified atom stereocenters. The van der Waals surface area contributed by atoms with Crippen molar-refractivity contribution in [3.05, 3.63) is 58.7 Å². The summed E-state index contributed by atoms with van der Waals surface area (Å²) in [6.07, 6.45) is 1.67. The summed E-state index contributed by atoms with van der Waals surface area (Å²) in [4.78, 5) is 4.28. The summed E-state index contributed by atoms with van der Waals surface area (Å²) in [6, 6.07) is 11.7. The fourth-order valence-electron chi connectivity index (χ4n) is 2.60. The third-order valence-corrected chi connectivity index (χ3v) is 5.80. The number of nitrogens with one attached hydrogen (secondary N) is 2. The number of hydrogen-bond donors (Lipinski definition) is 2. The van der Waals surface area contributed by atoms with Crippen molar-refractivity contribution in [2.75, 3.05) is 25.5 Å². The lowest BCUT2D eigenvalue weighted by molar-refractivity contribution is 0.402. The number of rotatable bonds is 7. The molecule has 1 heterocycles. The molecule has 27 heavy (non-hydrogen) atoms. The summed E-state index contributed by atoms with van der Waals surface area (Å²) >= 11 is 11.9. The van der Waals surface area contributed by atoms with Crippen molar-refractivity contribution in [3.63, 3.8) is 0 Å². The number of aromatic nitrogens is 1. The Morgan fingerprint density at radius 3 is 2.56 bits per heavy atom. The maximum atomic E-state index is 12.5. The highest BCUT2D eigenvalue weighted by Gasteiger charge is 2.19. The van der Waals surface area contributed by atoms with Gasteiger partial charge in [-0.15, -0.1) is 0 Å². The number of halogens is 2. The van der Waals surface area contributed by atoms with Crippen LogP contribution in [0.2, 0.25) is 10.0 Å². The van der Waals surface area contributed by atoms with E-state index in [0.29, 0.717) is 16.6 Å². The molecule has 3 aromatic rings. The van der Waals surface area contributed by atoms with Gasteiger partial charge < -0.3 is 10.1 Å². The lowest BCUT2D eigenvalue weighted by Gasteiger charge is -2.12. The molecule has 0 fully saturated rings. The molecule has 1 aromatic heterocycles. The molecular weight excluding hydrogens is 409 g/mol. The molecule has 3 rings (SSSR count). The van der Waals surface area contributed by atoms with Gasteiger partial charge in [0, 0.05) is 40.4 Å². The molecule has 0 radical (unpaired) electrons. The Labute approximate surface area is 167 Å². The van der Waals surface area contributed by atoms with Gasteiger partial charge in [0.15, 0.2) is 0 Å². The zero-order valence-corrected chi connectivity index (χ0v) is 16.7. The van der Waals surface area contributed by atoms with Gasteiger partial charge in [0.05, 0.1) is 12.6 Å². The highest BCUT2D eigenvalue weighted by molar-refractivity contribution is 7.89. The van der Waals surface area contributed by atoms with Crippen molar-refractivity contribution in [3.8, 4) is 5.75 Å². The van der Waals surface area contributed by atoms with E-state index in [1.54, 1.807) is 24.4 Å². The minimum atomic E-state index is -3.76. The predicted molar refractivity (Wildman–Crippen MR) is 108 cm³/mol. The molecule has 2 aromatic carbocycles. The first-order valence-corrected chi connectivity index (χ1v) is 10.3. The molecule has 0 aliphatic rings. The van der Waals surface area contributed by atoms with Crippen molar-refractivity contribution in [2.24, 2.45) is 0 Å². The second kappa shape index (κ2) is 8.31. The molecule has 9 heteroatoms. The zero-order chi connectivity index (χ0) is 19.4. The third kappa shape index (κ3) is 4.62. The number of fused-ring (bicyclic) bond motifs is 1. The average molecular weight is 426 g/mol. The van der Waals surface area contributed by atoms with Crippen LogP contribution in [0.4, 0.5) is 5.69 Å². The van der Waals surface area contributed by atoms with Crippen LogP contribution >= 0.6 is 23.2 Å². The lowest BCUT2D eigenvalue weighted by atomic mass is 10.2. The summed E-state index contributed by atoms with van der Waals surface area (Å²) in [5.74, 6) is 0.233. The number of sulfonamides is 1. The van der Waals surface area contributed by atoms with Crippen LogP contribution in [0.25, 0.3) is 10.9 Å². The van der Waals surface area contributed by atoms with Crippen LogP contribution in [0.15, 0.2) is 53.6 Å². The fraction of sp³-hybridized carbons (Fsp3) is 0.167. The molecule has 0 amide bonds. The van der Waals surface area contributed by atoms with Gasteiger partial charge in [-0.05, 0) is 42.5 Å². The van der Waals surface area contributed by atoms with E-state index in [0.717, 1.165) is 16.6 Å². The largest absolute Gasteiger partial charge is 0.495 e. The summed E-state index contributed by atoms with van der Waals surface area (Å²) in [5, 5.41) is 5.03. The predicted octanol–water partition coefficient (Wildman–Crippen LogP) is 3.94. The molecule has 0 saturated carbocycles. The van der Waals surface area contributed by atoms with E-state index in [9.17, 15) is 8.42 Å². The molecule has 0 aliphatic carbocycles. The van der Waals surface area contributed by atoms with Crippen molar-refractivity contribution < 1.29 is 13.2 Å². The number of nitrogens with zero attached hydrogens (tertiary/aromatic N) is 1. The molecule has 0 saturated heterocycles. The van der Waals surface area contributed by atoms with Crippen LogP contribution in [-0.4, -0.2) is 33.6 Å².